The second-order valence-corrected chi connectivity index (χ2v) is 6.47. The summed E-state index contributed by atoms with van der Waals surface area (Å²) in [5.74, 6) is 0.243. The Morgan fingerprint density at radius 3 is 2.31 bits per heavy atom. The number of phenols is 1. The maximum atomic E-state index is 10.3. The summed E-state index contributed by atoms with van der Waals surface area (Å²) in [5.41, 5.74) is 8.50. The van der Waals surface area contributed by atoms with E-state index in [4.69, 9.17) is 4.98 Å². The first-order chi connectivity index (χ1) is 12.8. The van der Waals surface area contributed by atoms with Crippen LogP contribution in [0.4, 0.5) is 0 Å². The molecule has 2 aromatic heterocycles. The molecule has 0 aliphatic heterocycles. The fourth-order valence-electron chi connectivity index (χ4n) is 3.69. The number of hydrogen-bond donors (Lipinski definition) is 1. The molecular weight excluding hydrogens is 320 g/mol. The number of phenolic OH excluding ortho intramolecular Hbond substituents is 1. The lowest BCUT2D eigenvalue weighted by atomic mass is 9.97. The molecule has 0 fully saturated rings. The fraction of sp³-hybridized carbons (Fsp3) is 0.0435. The lowest BCUT2D eigenvalue weighted by Crippen LogP contribution is -1.95. The van der Waals surface area contributed by atoms with Crippen LogP contribution < -0.4 is 0 Å². The van der Waals surface area contributed by atoms with E-state index in [2.05, 4.69) is 29.2 Å². The second-order valence-electron chi connectivity index (χ2n) is 6.47. The van der Waals surface area contributed by atoms with Crippen molar-refractivity contribution >= 4 is 0 Å². The number of rotatable bonds is 2. The van der Waals surface area contributed by atoms with Gasteiger partial charge in [0.05, 0.1) is 11.4 Å². The highest BCUT2D eigenvalue weighted by Crippen LogP contribution is 2.43. The normalized spacial score (nSPS) is 11.8. The van der Waals surface area contributed by atoms with Crippen LogP contribution in [-0.2, 0) is 6.42 Å². The number of aromatic hydroxyl groups is 1. The van der Waals surface area contributed by atoms with Gasteiger partial charge in [0.25, 0.3) is 0 Å². The summed E-state index contributed by atoms with van der Waals surface area (Å²) >= 11 is 0. The van der Waals surface area contributed by atoms with E-state index in [1.807, 2.05) is 48.8 Å². The highest BCUT2D eigenvalue weighted by Gasteiger charge is 2.24. The van der Waals surface area contributed by atoms with Gasteiger partial charge in [-0.25, -0.2) is 4.98 Å². The van der Waals surface area contributed by atoms with Gasteiger partial charge in [-0.1, -0.05) is 36.4 Å². The van der Waals surface area contributed by atoms with E-state index in [1.54, 1.807) is 6.07 Å². The molecule has 3 heteroatoms. The summed E-state index contributed by atoms with van der Waals surface area (Å²) in [6.45, 7) is 0. The minimum atomic E-state index is 0.243. The number of para-hydroxylation sites is 1. The first-order valence-corrected chi connectivity index (χ1v) is 8.62. The Morgan fingerprint density at radius 2 is 1.50 bits per heavy atom. The number of pyridine rings is 2. The van der Waals surface area contributed by atoms with E-state index >= 15 is 0 Å². The Balaban J connectivity index is 1.81. The molecule has 1 aliphatic carbocycles. The Bertz CT molecular complexity index is 1120. The minimum absolute atomic E-state index is 0.243. The van der Waals surface area contributed by atoms with Crippen LogP contribution in [-0.4, -0.2) is 15.1 Å². The van der Waals surface area contributed by atoms with Crippen molar-refractivity contribution in [3.05, 3.63) is 90.3 Å². The van der Waals surface area contributed by atoms with E-state index in [-0.39, 0.29) is 5.75 Å². The van der Waals surface area contributed by atoms with E-state index in [0.717, 1.165) is 34.5 Å². The standard InChI is InChI=1S/C23H16N2O/c26-22-8-4-3-7-18(22)21-14-19(15-9-11-24-12-10-15)20-13-16-5-1-2-6-17(16)23(20)25-21/h1-12,14,26H,13H2. The molecule has 0 spiro atoms. The molecule has 2 aromatic carbocycles. The molecule has 0 radical (unpaired) electrons. The van der Waals surface area contributed by atoms with Gasteiger partial charge in [-0.3, -0.25) is 4.98 Å². The molecule has 0 unspecified atom stereocenters. The van der Waals surface area contributed by atoms with E-state index in [1.165, 1.54) is 16.7 Å². The number of aromatic nitrogens is 2. The molecule has 2 heterocycles. The van der Waals surface area contributed by atoms with Crippen LogP contribution in [0.25, 0.3) is 33.6 Å². The van der Waals surface area contributed by atoms with Gasteiger partial charge in [0.1, 0.15) is 5.75 Å². The Labute approximate surface area is 151 Å². The van der Waals surface area contributed by atoms with Gasteiger partial charge in [-0.15, -0.1) is 0 Å². The third-order valence-electron chi connectivity index (χ3n) is 4.94. The van der Waals surface area contributed by atoms with Gasteiger partial charge in [0, 0.05) is 29.9 Å². The quantitative estimate of drug-likeness (QED) is 0.488. The van der Waals surface area contributed by atoms with E-state index < -0.39 is 0 Å². The average molecular weight is 336 g/mol. The van der Waals surface area contributed by atoms with Crippen LogP contribution >= 0.6 is 0 Å². The van der Waals surface area contributed by atoms with E-state index in [0.29, 0.717) is 0 Å². The highest BCUT2D eigenvalue weighted by atomic mass is 16.3. The van der Waals surface area contributed by atoms with Gasteiger partial charge in [-0.2, -0.15) is 0 Å². The molecule has 124 valence electrons. The van der Waals surface area contributed by atoms with Crippen molar-refractivity contribution in [2.24, 2.45) is 0 Å². The maximum Gasteiger partial charge on any atom is 0.124 e. The Kier molecular flexibility index (Phi) is 3.32. The van der Waals surface area contributed by atoms with Crippen molar-refractivity contribution < 1.29 is 5.11 Å². The molecule has 3 nitrogen and oxygen atoms in total. The van der Waals surface area contributed by atoms with Crippen LogP contribution in [0.5, 0.6) is 5.75 Å². The van der Waals surface area contributed by atoms with Gasteiger partial charge in [0.15, 0.2) is 0 Å². The summed E-state index contributed by atoms with van der Waals surface area (Å²) in [7, 11) is 0. The molecule has 0 atom stereocenters. The summed E-state index contributed by atoms with van der Waals surface area (Å²) in [6, 6.07) is 21.9. The fourth-order valence-corrected chi connectivity index (χ4v) is 3.69. The zero-order valence-electron chi connectivity index (χ0n) is 14.1. The molecule has 0 saturated heterocycles. The third-order valence-corrected chi connectivity index (χ3v) is 4.94. The molecule has 0 amide bonds. The smallest absolute Gasteiger partial charge is 0.124 e. The minimum Gasteiger partial charge on any atom is -0.507 e. The lowest BCUT2D eigenvalue weighted by Gasteiger charge is -2.13. The van der Waals surface area contributed by atoms with E-state index in [9.17, 15) is 5.11 Å². The summed E-state index contributed by atoms with van der Waals surface area (Å²) < 4.78 is 0. The zero-order valence-corrected chi connectivity index (χ0v) is 14.1. The first-order valence-electron chi connectivity index (χ1n) is 8.62. The number of hydrogen-bond acceptors (Lipinski definition) is 3. The molecular formula is C23H16N2O. The molecule has 0 saturated carbocycles. The van der Waals surface area contributed by atoms with Crippen LogP contribution in [0.15, 0.2) is 79.1 Å². The summed E-state index contributed by atoms with van der Waals surface area (Å²) in [4.78, 5) is 9.08. The van der Waals surface area contributed by atoms with Crippen molar-refractivity contribution in [3.8, 4) is 39.4 Å². The largest absolute Gasteiger partial charge is 0.507 e. The predicted molar refractivity (Wildman–Crippen MR) is 103 cm³/mol. The van der Waals surface area contributed by atoms with Gasteiger partial charge in [-0.05, 0) is 52.6 Å². The van der Waals surface area contributed by atoms with Crippen molar-refractivity contribution in [2.75, 3.05) is 0 Å². The predicted octanol–water partition coefficient (Wildman–Crippen LogP) is 5.09. The monoisotopic (exact) mass is 336 g/mol. The maximum absolute atomic E-state index is 10.3. The summed E-state index contributed by atoms with van der Waals surface area (Å²) in [5, 5.41) is 10.3. The third kappa shape index (κ3) is 2.29. The lowest BCUT2D eigenvalue weighted by molar-refractivity contribution is 0.477. The molecule has 26 heavy (non-hydrogen) atoms. The van der Waals surface area contributed by atoms with Gasteiger partial charge >= 0.3 is 0 Å². The number of benzene rings is 2. The van der Waals surface area contributed by atoms with Crippen molar-refractivity contribution in [1.29, 1.82) is 0 Å². The first kappa shape index (κ1) is 14.8. The number of nitrogens with zero attached hydrogens (tertiary/aromatic N) is 2. The second kappa shape index (κ2) is 5.81. The molecule has 1 aliphatic rings. The zero-order chi connectivity index (χ0) is 17.5. The van der Waals surface area contributed by atoms with Crippen LogP contribution in [0, 0.1) is 0 Å². The average Bonchev–Trinajstić information content (AvgIpc) is 3.07. The van der Waals surface area contributed by atoms with Crippen LogP contribution in [0.2, 0.25) is 0 Å². The Hall–Kier alpha value is -3.46. The summed E-state index contributed by atoms with van der Waals surface area (Å²) in [6.07, 6.45) is 4.49. The molecule has 1 N–H and O–H groups in total. The van der Waals surface area contributed by atoms with Crippen molar-refractivity contribution in [2.45, 2.75) is 6.42 Å². The van der Waals surface area contributed by atoms with Crippen LogP contribution in [0.3, 0.4) is 0 Å². The van der Waals surface area contributed by atoms with Crippen LogP contribution in [0.1, 0.15) is 11.1 Å². The topological polar surface area (TPSA) is 46.0 Å². The highest BCUT2D eigenvalue weighted by molar-refractivity contribution is 5.86. The van der Waals surface area contributed by atoms with Crippen molar-refractivity contribution in [3.63, 3.8) is 0 Å². The van der Waals surface area contributed by atoms with Crippen molar-refractivity contribution in [1.82, 2.24) is 9.97 Å². The van der Waals surface area contributed by atoms with Gasteiger partial charge < -0.3 is 5.11 Å². The SMILES string of the molecule is Oc1ccccc1-c1cc(-c2ccncc2)c2c(n1)-c1ccccc1C2. The van der Waals surface area contributed by atoms with Gasteiger partial charge in [0.2, 0.25) is 0 Å². The number of fused-ring (bicyclic) bond motifs is 3. The Morgan fingerprint density at radius 1 is 0.769 bits per heavy atom. The molecule has 4 aromatic rings. The molecule has 0 bridgehead atoms. The molecule has 5 rings (SSSR count).